The zero-order chi connectivity index (χ0) is 20.2. The minimum atomic E-state index is -0.529. The summed E-state index contributed by atoms with van der Waals surface area (Å²) in [5.41, 5.74) is 0.562. The first-order valence-corrected chi connectivity index (χ1v) is 9.85. The van der Waals surface area contributed by atoms with Crippen LogP contribution in [0.1, 0.15) is 44.0 Å². The molecule has 1 aromatic rings. The highest BCUT2D eigenvalue weighted by atomic mass is 127. The Labute approximate surface area is 172 Å². The van der Waals surface area contributed by atoms with Crippen LogP contribution in [0.5, 0.6) is 0 Å². The number of benzene rings is 1. The molecule has 7 nitrogen and oxygen atoms in total. The number of halogens is 1. The molecule has 1 fully saturated rings. The number of hydrogen-bond donors (Lipinski definition) is 1. The van der Waals surface area contributed by atoms with Crippen LogP contribution in [0.4, 0.5) is 10.5 Å². The number of methoxy groups -OCH3 is 1. The van der Waals surface area contributed by atoms with E-state index in [1.165, 1.54) is 7.11 Å². The van der Waals surface area contributed by atoms with Crippen molar-refractivity contribution in [1.29, 1.82) is 0 Å². The fourth-order valence-electron chi connectivity index (χ4n) is 2.76. The minimum Gasteiger partial charge on any atom is -0.465 e. The van der Waals surface area contributed by atoms with Crippen LogP contribution in [0, 0.1) is 9.49 Å². The third-order valence-corrected chi connectivity index (χ3v) is 5.05. The smallest absolute Gasteiger partial charge is 0.410 e. The van der Waals surface area contributed by atoms with Crippen LogP contribution in [-0.4, -0.2) is 48.7 Å². The van der Waals surface area contributed by atoms with Gasteiger partial charge in [-0.05, 0) is 74.4 Å². The van der Waals surface area contributed by atoms with Crippen LogP contribution in [0.2, 0.25) is 0 Å². The Morgan fingerprint density at radius 2 is 1.81 bits per heavy atom. The predicted octanol–water partition coefficient (Wildman–Crippen LogP) is 3.66. The minimum absolute atomic E-state index is 0.0829. The van der Waals surface area contributed by atoms with E-state index in [0.717, 1.165) is 0 Å². The van der Waals surface area contributed by atoms with Gasteiger partial charge in [0.2, 0.25) is 5.91 Å². The molecule has 1 aliphatic rings. The monoisotopic (exact) mass is 488 g/mol. The maximum atomic E-state index is 12.5. The van der Waals surface area contributed by atoms with Crippen molar-refractivity contribution < 1.29 is 23.9 Å². The zero-order valence-corrected chi connectivity index (χ0v) is 18.2. The van der Waals surface area contributed by atoms with Crippen molar-refractivity contribution in [2.24, 2.45) is 5.92 Å². The van der Waals surface area contributed by atoms with Gasteiger partial charge in [-0.15, -0.1) is 0 Å². The lowest BCUT2D eigenvalue weighted by Gasteiger charge is -2.32. The molecule has 27 heavy (non-hydrogen) atoms. The molecule has 0 spiro atoms. The van der Waals surface area contributed by atoms with E-state index in [2.05, 4.69) is 5.32 Å². The molecule has 0 unspecified atom stereocenters. The molecule has 8 heteroatoms. The number of carbonyl (C=O) groups excluding carboxylic acids is 3. The summed E-state index contributed by atoms with van der Waals surface area (Å²) in [6, 6.07) is 5.05. The summed E-state index contributed by atoms with van der Waals surface area (Å²) >= 11 is 2.04. The van der Waals surface area contributed by atoms with Crippen molar-refractivity contribution >= 4 is 46.2 Å². The Morgan fingerprint density at radius 3 is 2.33 bits per heavy atom. The topological polar surface area (TPSA) is 84.9 Å². The van der Waals surface area contributed by atoms with Crippen LogP contribution in [-0.2, 0) is 14.3 Å². The van der Waals surface area contributed by atoms with Gasteiger partial charge in [-0.3, -0.25) is 4.79 Å². The fraction of sp³-hybridized carbons (Fsp3) is 0.526. The maximum absolute atomic E-state index is 12.5. The summed E-state index contributed by atoms with van der Waals surface area (Å²) in [7, 11) is 1.33. The largest absolute Gasteiger partial charge is 0.465 e. The molecule has 1 heterocycles. The van der Waals surface area contributed by atoms with E-state index < -0.39 is 11.6 Å². The van der Waals surface area contributed by atoms with Gasteiger partial charge in [-0.1, -0.05) is 0 Å². The second-order valence-corrected chi connectivity index (χ2v) is 8.58. The Hall–Kier alpha value is -1.84. The van der Waals surface area contributed by atoms with Crippen molar-refractivity contribution in [3.63, 3.8) is 0 Å². The predicted molar refractivity (Wildman–Crippen MR) is 110 cm³/mol. The number of hydrogen-bond acceptors (Lipinski definition) is 5. The number of nitrogens with one attached hydrogen (secondary N) is 1. The first kappa shape index (κ1) is 21.5. The number of piperidine rings is 1. The first-order chi connectivity index (χ1) is 12.6. The molecule has 148 valence electrons. The summed E-state index contributed by atoms with van der Waals surface area (Å²) in [6.07, 6.45) is 0.833. The normalized spacial score (nSPS) is 15.2. The number of amides is 2. The quantitative estimate of drug-likeness (QED) is 0.519. The SMILES string of the molecule is COC(=O)c1ccc(NC(=O)C2CCN(C(=O)OC(C)(C)C)CC2)cc1I. The first-order valence-electron chi connectivity index (χ1n) is 8.77. The summed E-state index contributed by atoms with van der Waals surface area (Å²) in [5.74, 6) is -0.658. The number of carbonyl (C=O) groups is 3. The number of likely N-dealkylation sites (tertiary alicyclic amines) is 1. The Balaban J connectivity index is 1.90. The van der Waals surface area contributed by atoms with Crippen molar-refractivity contribution in [2.75, 3.05) is 25.5 Å². The van der Waals surface area contributed by atoms with Gasteiger partial charge in [0.25, 0.3) is 0 Å². The van der Waals surface area contributed by atoms with Gasteiger partial charge < -0.3 is 19.7 Å². The number of anilines is 1. The Bertz CT molecular complexity index is 721. The molecule has 1 N–H and O–H groups in total. The average Bonchev–Trinajstić information content (AvgIpc) is 2.60. The molecule has 0 aromatic heterocycles. The van der Waals surface area contributed by atoms with Crippen molar-refractivity contribution in [3.8, 4) is 0 Å². The molecule has 0 atom stereocenters. The van der Waals surface area contributed by atoms with E-state index in [4.69, 9.17) is 9.47 Å². The standard InChI is InChI=1S/C19H25IN2O5/c1-19(2,3)27-18(25)22-9-7-12(8-10-22)16(23)21-13-5-6-14(15(20)11-13)17(24)26-4/h5-6,11-12H,7-10H2,1-4H3,(H,21,23). The molecule has 0 radical (unpaired) electrons. The average molecular weight is 488 g/mol. The lowest BCUT2D eigenvalue weighted by molar-refractivity contribution is -0.121. The molecule has 2 amide bonds. The second-order valence-electron chi connectivity index (χ2n) is 7.42. The van der Waals surface area contributed by atoms with E-state index in [1.807, 2.05) is 43.4 Å². The highest BCUT2D eigenvalue weighted by molar-refractivity contribution is 14.1. The molecule has 1 saturated heterocycles. The fourth-order valence-corrected chi connectivity index (χ4v) is 3.50. The van der Waals surface area contributed by atoms with Crippen LogP contribution in [0.15, 0.2) is 18.2 Å². The van der Waals surface area contributed by atoms with Crippen molar-refractivity contribution in [2.45, 2.75) is 39.2 Å². The highest BCUT2D eigenvalue weighted by Crippen LogP contribution is 2.23. The van der Waals surface area contributed by atoms with Crippen LogP contribution in [0.3, 0.4) is 0 Å². The van der Waals surface area contributed by atoms with Gasteiger partial charge in [0.15, 0.2) is 0 Å². The highest BCUT2D eigenvalue weighted by Gasteiger charge is 2.30. The molecule has 0 aliphatic carbocycles. The lowest BCUT2D eigenvalue weighted by Crippen LogP contribution is -2.43. The van der Waals surface area contributed by atoms with Gasteiger partial charge in [0, 0.05) is 28.3 Å². The van der Waals surface area contributed by atoms with Crippen LogP contribution >= 0.6 is 22.6 Å². The van der Waals surface area contributed by atoms with E-state index in [0.29, 0.717) is 40.8 Å². The summed E-state index contributed by atoms with van der Waals surface area (Å²) < 4.78 is 10.8. The van der Waals surface area contributed by atoms with Crippen LogP contribution < -0.4 is 5.32 Å². The number of rotatable bonds is 3. The van der Waals surface area contributed by atoms with E-state index in [-0.39, 0.29) is 17.9 Å². The van der Waals surface area contributed by atoms with E-state index in [1.54, 1.807) is 23.1 Å². The molecule has 0 saturated carbocycles. The van der Waals surface area contributed by atoms with Gasteiger partial charge in [0.1, 0.15) is 5.60 Å². The van der Waals surface area contributed by atoms with Gasteiger partial charge in [0.05, 0.1) is 12.7 Å². The van der Waals surface area contributed by atoms with Gasteiger partial charge in [-0.25, -0.2) is 9.59 Å². The van der Waals surface area contributed by atoms with Crippen molar-refractivity contribution in [1.82, 2.24) is 4.90 Å². The summed E-state index contributed by atoms with van der Waals surface area (Å²) in [5, 5.41) is 2.89. The molecular weight excluding hydrogens is 463 g/mol. The maximum Gasteiger partial charge on any atom is 0.410 e. The Morgan fingerprint density at radius 1 is 1.19 bits per heavy atom. The molecule has 1 aromatic carbocycles. The van der Waals surface area contributed by atoms with Gasteiger partial charge in [-0.2, -0.15) is 0 Å². The molecule has 0 bridgehead atoms. The van der Waals surface area contributed by atoms with Crippen molar-refractivity contribution in [3.05, 3.63) is 27.3 Å². The molecule has 1 aliphatic heterocycles. The third kappa shape index (κ3) is 6.08. The number of ether oxygens (including phenoxy) is 2. The lowest BCUT2D eigenvalue weighted by atomic mass is 9.96. The number of nitrogens with zero attached hydrogens (tertiary/aromatic N) is 1. The molecular formula is C19H25IN2O5. The number of esters is 1. The summed E-state index contributed by atoms with van der Waals surface area (Å²) in [4.78, 5) is 37.9. The third-order valence-electron chi connectivity index (χ3n) is 4.16. The second kappa shape index (κ2) is 8.90. The zero-order valence-electron chi connectivity index (χ0n) is 16.0. The van der Waals surface area contributed by atoms with Crippen LogP contribution in [0.25, 0.3) is 0 Å². The van der Waals surface area contributed by atoms with E-state index >= 15 is 0 Å². The van der Waals surface area contributed by atoms with Gasteiger partial charge >= 0.3 is 12.1 Å². The summed E-state index contributed by atoms with van der Waals surface area (Å²) in [6.45, 7) is 6.48. The Kier molecular flexibility index (Phi) is 7.07. The van der Waals surface area contributed by atoms with E-state index in [9.17, 15) is 14.4 Å². The molecule has 2 rings (SSSR count).